The van der Waals surface area contributed by atoms with Gasteiger partial charge in [0.1, 0.15) is 23.1 Å². The molecule has 0 saturated carbocycles. The number of H-pyrrole nitrogens is 1. The maximum Gasteiger partial charge on any atom is 0.324 e. The average molecular weight is 521 g/mol. The quantitative estimate of drug-likeness (QED) is 0.244. The van der Waals surface area contributed by atoms with Crippen molar-refractivity contribution in [3.8, 4) is 28.4 Å². The molecular formula is C28H21FN8O2. The predicted octanol–water partition coefficient (Wildman–Crippen LogP) is 6.09. The van der Waals surface area contributed by atoms with Crippen molar-refractivity contribution in [3.05, 3.63) is 103 Å². The van der Waals surface area contributed by atoms with Gasteiger partial charge in [-0.25, -0.2) is 13.9 Å². The molecule has 0 atom stereocenters. The van der Waals surface area contributed by atoms with Crippen molar-refractivity contribution >= 4 is 28.4 Å². The van der Waals surface area contributed by atoms with Gasteiger partial charge in [0.05, 0.1) is 34.5 Å². The number of urea groups is 1. The number of ether oxygens (including phenoxy) is 1. The zero-order valence-electron chi connectivity index (χ0n) is 20.6. The molecule has 3 N–H and O–H groups in total. The number of hydrogen-bond acceptors (Lipinski definition) is 6. The third kappa shape index (κ3) is 5.14. The molecule has 0 radical (unpaired) electrons. The van der Waals surface area contributed by atoms with Crippen LogP contribution in [0.2, 0.25) is 0 Å². The molecule has 0 bridgehead atoms. The van der Waals surface area contributed by atoms with Gasteiger partial charge in [0.15, 0.2) is 0 Å². The van der Waals surface area contributed by atoms with Gasteiger partial charge in [-0.2, -0.15) is 10.2 Å². The van der Waals surface area contributed by atoms with Crippen molar-refractivity contribution in [2.75, 3.05) is 10.6 Å². The largest absolute Gasteiger partial charge is 0.457 e. The van der Waals surface area contributed by atoms with E-state index in [0.717, 1.165) is 22.2 Å². The molecule has 0 aliphatic rings. The van der Waals surface area contributed by atoms with Crippen molar-refractivity contribution in [3.63, 3.8) is 0 Å². The zero-order valence-corrected chi connectivity index (χ0v) is 20.6. The van der Waals surface area contributed by atoms with Crippen LogP contribution >= 0.6 is 0 Å². The van der Waals surface area contributed by atoms with Gasteiger partial charge in [0.2, 0.25) is 0 Å². The smallest absolute Gasteiger partial charge is 0.324 e. The van der Waals surface area contributed by atoms with Crippen molar-refractivity contribution < 1.29 is 13.9 Å². The van der Waals surface area contributed by atoms with Crippen LogP contribution in [0.25, 0.3) is 27.8 Å². The Labute approximate surface area is 221 Å². The number of pyridine rings is 2. The van der Waals surface area contributed by atoms with E-state index in [2.05, 4.69) is 35.9 Å². The van der Waals surface area contributed by atoms with Crippen LogP contribution in [0.4, 0.5) is 20.7 Å². The Hall–Kier alpha value is -5.58. The molecular weight excluding hydrogens is 499 g/mol. The molecule has 10 nitrogen and oxygen atoms in total. The van der Waals surface area contributed by atoms with E-state index in [9.17, 15) is 9.18 Å². The van der Waals surface area contributed by atoms with Crippen molar-refractivity contribution in [1.29, 1.82) is 0 Å². The number of benzene rings is 2. The first-order valence-electron chi connectivity index (χ1n) is 11.9. The first-order chi connectivity index (χ1) is 19.0. The highest BCUT2D eigenvalue weighted by Crippen LogP contribution is 2.28. The number of aromatic amines is 1. The number of rotatable bonds is 6. The van der Waals surface area contributed by atoms with E-state index < -0.39 is 11.8 Å². The van der Waals surface area contributed by atoms with Gasteiger partial charge in [0, 0.05) is 47.7 Å². The van der Waals surface area contributed by atoms with Gasteiger partial charge in [-0.1, -0.05) is 6.07 Å². The van der Waals surface area contributed by atoms with Crippen molar-refractivity contribution in [2.24, 2.45) is 0 Å². The zero-order chi connectivity index (χ0) is 26.8. The van der Waals surface area contributed by atoms with Crippen LogP contribution in [0, 0.1) is 12.7 Å². The van der Waals surface area contributed by atoms with Crippen LogP contribution in [0.5, 0.6) is 11.5 Å². The molecule has 6 aromatic rings. The van der Waals surface area contributed by atoms with E-state index in [4.69, 9.17) is 4.74 Å². The number of aryl methyl sites for hydroxylation is 1. The number of fused-ring (bicyclic) bond motifs is 1. The maximum absolute atomic E-state index is 14.9. The Kier molecular flexibility index (Phi) is 6.13. The standard InChI is InChI=1S/C28H21FN8O2/c1-17-11-27(37(36-17)20-4-6-24-18(12-20)3-2-9-30-24)35-28(38)34-25-7-5-21(13-23(25)29)39-22-8-10-31-26(14-22)19-15-32-33-16-19/h2-16H,1H3,(H,32,33)(H2,34,35,38). The van der Waals surface area contributed by atoms with Crippen LogP contribution in [0.1, 0.15) is 5.69 Å². The summed E-state index contributed by atoms with van der Waals surface area (Å²) in [5.41, 5.74) is 3.75. The van der Waals surface area contributed by atoms with Crippen LogP contribution in [-0.4, -0.2) is 36.0 Å². The highest BCUT2D eigenvalue weighted by atomic mass is 19.1. The normalized spacial score (nSPS) is 10.9. The maximum atomic E-state index is 14.9. The number of hydrogen-bond donors (Lipinski definition) is 3. The van der Waals surface area contributed by atoms with Gasteiger partial charge in [-0.3, -0.25) is 20.4 Å². The number of anilines is 2. The second-order valence-electron chi connectivity index (χ2n) is 8.65. The molecule has 11 heteroatoms. The number of amides is 2. The van der Waals surface area contributed by atoms with Crippen LogP contribution in [0.3, 0.4) is 0 Å². The van der Waals surface area contributed by atoms with E-state index in [0.29, 0.717) is 23.0 Å². The number of carbonyl (C=O) groups is 1. The van der Waals surface area contributed by atoms with Crippen molar-refractivity contribution in [2.45, 2.75) is 6.92 Å². The molecule has 4 aromatic heterocycles. The fourth-order valence-corrected chi connectivity index (χ4v) is 4.07. The number of aromatic nitrogens is 6. The van der Waals surface area contributed by atoms with Gasteiger partial charge in [0.25, 0.3) is 0 Å². The Morgan fingerprint density at radius 3 is 2.72 bits per heavy atom. The fourth-order valence-electron chi connectivity index (χ4n) is 4.07. The summed E-state index contributed by atoms with van der Waals surface area (Å²) >= 11 is 0. The van der Waals surface area contributed by atoms with Gasteiger partial charge in [-0.15, -0.1) is 0 Å². The summed E-state index contributed by atoms with van der Waals surface area (Å²) in [6.07, 6.45) is 6.68. The van der Waals surface area contributed by atoms with Crippen LogP contribution in [-0.2, 0) is 0 Å². The number of carbonyl (C=O) groups excluding carboxylic acids is 1. The summed E-state index contributed by atoms with van der Waals surface area (Å²) in [7, 11) is 0. The lowest BCUT2D eigenvalue weighted by atomic mass is 10.2. The summed E-state index contributed by atoms with van der Waals surface area (Å²) in [6, 6.07) is 18.2. The second-order valence-corrected chi connectivity index (χ2v) is 8.65. The lowest BCUT2D eigenvalue weighted by Gasteiger charge is -2.12. The molecule has 0 aliphatic heterocycles. The summed E-state index contributed by atoms with van der Waals surface area (Å²) in [4.78, 5) is 21.4. The number of halogens is 1. The average Bonchev–Trinajstić information content (AvgIpc) is 3.60. The highest BCUT2D eigenvalue weighted by molar-refractivity contribution is 5.99. The molecule has 192 valence electrons. The molecule has 39 heavy (non-hydrogen) atoms. The molecule has 0 fully saturated rings. The predicted molar refractivity (Wildman–Crippen MR) is 145 cm³/mol. The number of nitrogens with zero attached hydrogens (tertiary/aromatic N) is 5. The third-order valence-electron chi connectivity index (χ3n) is 5.85. The molecule has 0 unspecified atom stereocenters. The molecule has 2 amide bonds. The molecule has 2 aromatic carbocycles. The Morgan fingerprint density at radius 2 is 1.87 bits per heavy atom. The minimum atomic E-state index is -0.654. The van der Waals surface area contributed by atoms with E-state index >= 15 is 0 Å². The molecule has 0 aliphatic carbocycles. The van der Waals surface area contributed by atoms with Gasteiger partial charge >= 0.3 is 6.03 Å². The minimum Gasteiger partial charge on any atom is -0.457 e. The van der Waals surface area contributed by atoms with Gasteiger partial charge in [-0.05, 0) is 49.4 Å². The lowest BCUT2D eigenvalue weighted by molar-refractivity contribution is 0.262. The van der Waals surface area contributed by atoms with Crippen LogP contribution < -0.4 is 15.4 Å². The third-order valence-corrected chi connectivity index (χ3v) is 5.85. The van der Waals surface area contributed by atoms with E-state index in [-0.39, 0.29) is 11.4 Å². The topological polar surface area (TPSA) is 123 Å². The number of nitrogens with one attached hydrogen (secondary N) is 3. The molecule has 0 spiro atoms. The molecule has 6 rings (SSSR count). The first-order valence-corrected chi connectivity index (χ1v) is 11.9. The first kappa shape index (κ1) is 23.8. The van der Waals surface area contributed by atoms with E-state index in [1.807, 2.05) is 37.3 Å². The SMILES string of the molecule is Cc1cc(NC(=O)Nc2ccc(Oc3ccnc(-c4cn[nH]c4)c3)cc2F)n(-c2ccc3ncccc3c2)n1. The van der Waals surface area contributed by atoms with E-state index in [1.54, 1.807) is 53.7 Å². The summed E-state index contributed by atoms with van der Waals surface area (Å²) in [5, 5.41) is 17.4. The lowest BCUT2D eigenvalue weighted by Crippen LogP contribution is -2.22. The van der Waals surface area contributed by atoms with Crippen molar-refractivity contribution in [1.82, 2.24) is 29.9 Å². The van der Waals surface area contributed by atoms with Crippen LogP contribution in [0.15, 0.2) is 91.5 Å². The summed E-state index contributed by atoms with van der Waals surface area (Å²) < 4.78 is 22.3. The highest BCUT2D eigenvalue weighted by Gasteiger charge is 2.14. The fraction of sp³-hybridized carbons (Fsp3) is 0.0357. The molecule has 0 saturated heterocycles. The Morgan fingerprint density at radius 1 is 0.974 bits per heavy atom. The summed E-state index contributed by atoms with van der Waals surface area (Å²) in [5.74, 6) is 0.521. The Bertz CT molecular complexity index is 1800. The second kappa shape index (κ2) is 10.1. The monoisotopic (exact) mass is 520 g/mol. The van der Waals surface area contributed by atoms with Gasteiger partial charge < -0.3 is 10.1 Å². The minimum absolute atomic E-state index is 0.00627. The molecule has 4 heterocycles. The Balaban J connectivity index is 1.16. The van der Waals surface area contributed by atoms with E-state index in [1.165, 1.54) is 12.1 Å². The summed E-state index contributed by atoms with van der Waals surface area (Å²) in [6.45, 7) is 1.82.